The zero-order valence-corrected chi connectivity index (χ0v) is 15.1. The lowest BCUT2D eigenvalue weighted by Crippen LogP contribution is -2.26. The Hall–Kier alpha value is -1.42. The Morgan fingerprint density at radius 3 is 1.83 bits per heavy atom. The molecule has 0 radical (unpaired) electrons. The highest BCUT2D eigenvalue weighted by Crippen LogP contribution is 2.05. The number of rotatable bonds is 13. The van der Waals surface area contributed by atoms with Gasteiger partial charge in [0.15, 0.2) is 0 Å². The molecule has 0 aliphatic rings. The largest absolute Gasteiger partial charge is 0.480 e. The van der Waals surface area contributed by atoms with Gasteiger partial charge in [0.1, 0.15) is 5.25 Å². The second-order valence-electron chi connectivity index (χ2n) is 5.11. The van der Waals surface area contributed by atoms with Crippen molar-refractivity contribution in [2.45, 2.75) is 57.6 Å². The van der Waals surface area contributed by atoms with Crippen molar-refractivity contribution in [3.05, 3.63) is 48.6 Å². The Labute approximate surface area is 143 Å². The Kier molecular flexibility index (Phi) is 14.5. The van der Waals surface area contributed by atoms with Crippen molar-refractivity contribution in [1.29, 1.82) is 0 Å². The van der Waals surface area contributed by atoms with E-state index in [1.54, 1.807) is 6.92 Å². The van der Waals surface area contributed by atoms with E-state index in [0.717, 1.165) is 25.7 Å². The lowest BCUT2D eigenvalue weighted by atomic mass is 10.2. The SMILES string of the molecule is CC/C=C\C/C=C\C/C=C\C/C=C\CCS(=O)C(CC)C(=O)O. The predicted molar refractivity (Wildman–Crippen MR) is 100 cm³/mol. The van der Waals surface area contributed by atoms with E-state index in [2.05, 4.69) is 43.4 Å². The Morgan fingerprint density at radius 1 is 0.913 bits per heavy atom. The Bertz CT molecular complexity index is 448. The van der Waals surface area contributed by atoms with Crippen molar-refractivity contribution in [2.24, 2.45) is 0 Å². The molecule has 3 nitrogen and oxygen atoms in total. The van der Waals surface area contributed by atoms with Gasteiger partial charge in [0.05, 0.1) is 0 Å². The molecule has 4 heteroatoms. The standard InChI is InChI=1S/C19H30O3S/c1-3-5-6-7-8-9-10-11-12-13-14-15-16-17-23(22)18(4-2)19(20)21/h5-6,8-9,11-12,14-15,18H,3-4,7,10,13,16-17H2,1-2H3,(H,20,21)/b6-5-,9-8-,12-11-,15-14-. The molecule has 130 valence electrons. The van der Waals surface area contributed by atoms with Gasteiger partial charge in [-0.3, -0.25) is 9.00 Å². The van der Waals surface area contributed by atoms with E-state index in [1.165, 1.54) is 0 Å². The number of aliphatic carboxylic acids is 1. The monoisotopic (exact) mass is 338 g/mol. The van der Waals surface area contributed by atoms with Crippen LogP contribution in [0.3, 0.4) is 0 Å². The molecular formula is C19H30O3S. The predicted octanol–water partition coefficient (Wildman–Crippen LogP) is 4.79. The Morgan fingerprint density at radius 2 is 1.39 bits per heavy atom. The molecule has 2 atom stereocenters. The second kappa shape index (κ2) is 15.5. The van der Waals surface area contributed by atoms with E-state index in [1.807, 2.05) is 12.2 Å². The van der Waals surface area contributed by atoms with Crippen LogP contribution >= 0.6 is 0 Å². The van der Waals surface area contributed by atoms with E-state index in [-0.39, 0.29) is 0 Å². The average molecular weight is 339 g/mol. The summed E-state index contributed by atoms with van der Waals surface area (Å²) in [5.41, 5.74) is 0. The van der Waals surface area contributed by atoms with Crippen LogP contribution in [0, 0.1) is 0 Å². The summed E-state index contributed by atoms with van der Waals surface area (Å²) in [6.45, 7) is 3.88. The summed E-state index contributed by atoms with van der Waals surface area (Å²) in [7, 11) is -1.29. The summed E-state index contributed by atoms with van der Waals surface area (Å²) in [5.74, 6) is -0.546. The number of hydrogen-bond donors (Lipinski definition) is 1. The molecule has 0 aromatic rings. The van der Waals surface area contributed by atoms with Crippen LogP contribution in [0.25, 0.3) is 0 Å². The minimum Gasteiger partial charge on any atom is -0.480 e. The molecule has 0 aliphatic carbocycles. The molecule has 1 N–H and O–H groups in total. The lowest BCUT2D eigenvalue weighted by molar-refractivity contribution is -0.136. The minimum atomic E-state index is -1.29. The molecule has 23 heavy (non-hydrogen) atoms. The van der Waals surface area contributed by atoms with Gasteiger partial charge in [-0.05, 0) is 38.5 Å². The highest BCUT2D eigenvalue weighted by molar-refractivity contribution is 7.86. The molecule has 0 amide bonds. The number of hydrogen-bond acceptors (Lipinski definition) is 2. The van der Waals surface area contributed by atoms with E-state index in [0.29, 0.717) is 18.6 Å². The fourth-order valence-corrected chi connectivity index (χ4v) is 3.15. The van der Waals surface area contributed by atoms with Crippen LogP contribution in [-0.4, -0.2) is 26.3 Å². The molecule has 0 fully saturated rings. The fraction of sp³-hybridized carbons (Fsp3) is 0.526. The summed E-state index contributed by atoms with van der Waals surface area (Å²) < 4.78 is 11.8. The highest BCUT2D eigenvalue weighted by Gasteiger charge is 2.21. The lowest BCUT2D eigenvalue weighted by Gasteiger charge is -2.07. The molecule has 0 aliphatic heterocycles. The molecule has 0 saturated heterocycles. The van der Waals surface area contributed by atoms with Gasteiger partial charge in [-0.1, -0.05) is 62.5 Å². The molecule has 2 unspecified atom stereocenters. The molecule has 0 rings (SSSR count). The quantitative estimate of drug-likeness (QED) is 0.491. The van der Waals surface area contributed by atoms with E-state index in [4.69, 9.17) is 5.11 Å². The molecule has 0 heterocycles. The fourth-order valence-electron chi connectivity index (χ4n) is 1.90. The van der Waals surface area contributed by atoms with Crippen LogP contribution in [-0.2, 0) is 15.6 Å². The normalized spacial score (nSPS) is 15.2. The maximum absolute atomic E-state index is 11.8. The maximum Gasteiger partial charge on any atom is 0.319 e. The van der Waals surface area contributed by atoms with E-state index in [9.17, 15) is 9.00 Å². The number of carboxylic acids is 1. The van der Waals surface area contributed by atoms with E-state index >= 15 is 0 Å². The van der Waals surface area contributed by atoms with Crippen molar-refractivity contribution in [3.63, 3.8) is 0 Å². The summed E-state index contributed by atoms with van der Waals surface area (Å²) in [5, 5.41) is 8.18. The van der Waals surface area contributed by atoms with Gasteiger partial charge in [0.25, 0.3) is 0 Å². The van der Waals surface area contributed by atoms with Gasteiger partial charge in [0, 0.05) is 16.6 Å². The minimum absolute atomic E-state index is 0.413. The third-order valence-corrected chi connectivity index (χ3v) is 4.98. The zero-order valence-electron chi connectivity index (χ0n) is 14.3. The van der Waals surface area contributed by atoms with Crippen molar-refractivity contribution >= 4 is 16.8 Å². The van der Waals surface area contributed by atoms with Crippen molar-refractivity contribution in [3.8, 4) is 0 Å². The Balaban J connectivity index is 3.75. The molecule has 0 bridgehead atoms. The van der Waals surface area contributed by atoms with Gasteiger partial charge in [-0.2, -0.15) is 0 Å². The van der Waals surface area contributed by atoms with Gasteiger partial charge >= 0.3 is 5.97 Å². The summed E-state index contributed by atoms with van der Waals surface area (Å²) >= 11 is 0. The number of carboxylic acid groups (broad SMARTS) is 1. The van der Waals surface area contributed by atoms with Crippen molar-refractivity contribution < 1.29 is 14.1 Å². The highest BCUT2D eigenvalue weighted by atomic mass is 32.2. The zero-order chi connectivity index (χ0) is 17.3. The van der Waals surface area contributed by atoms with Crippen LogP contribution in [0.2, 0.25) is 0 Å². The van der Waals surface area contributed by atoms with Gasteiger partial charge < -0.3 is 5.11 Å². The first-order chi connectivity index (χ1) is 11.1. The molecule has 0 aromatic heterocycles. The second-order valence-corrected chi connectivity index (χ2v) is 6.85. The first kappa shape index (κ1) is 21.6. The number of carbonyl (C=O) groups is 1. The maximum atomic E-state index is 11.8. The molecule has 0 aromatic carbocycles. The summed E-state index contributed by atoms with van der Waals surface area (Å²) in [6.07, 6.45) is 21.8. The first-order valence-electron chi connectivity index (χ1n) is 8.33. The van der Waals surface area contributed by atoms with Crippen molar-refractivity contribution in [1.82, 2.24) is 0 Å². The first-order valence-corrected chi connectivity index (χ1v) is 9.71. The van der Waals surface area contributed by atoms with Gasteiger partial charge in [-0.15, -0.1) is 0 Å². The molecular weight excluding hydrogens is 308 g/mol. The van der Waals surface area contributed by atoms with E-state index < -0.39 is 22.0 Å². The van der Waals surface area contributed by atoms with Gasteiger partial charge in [-0.25, -0.2) is 0 Å². The third kappa shape index (κ3) is 12.8. The van der Waals surface area contributed by atoms with Crippen LogP contribution < -0.4 is 0 Å². The molecule has 0 saturated carbocycles. The van der Waals surface area contributed by atoms with Crippen LogP contribution in [0.15, 0.2) is 48.6 Å². The smallest absolute Gasteiger partial charge is 0.319 e. The van der Waals surface area contributed by atoms with Crippen LogP contribution in [0.5, 0.6) is 0 Å². The number of allylic oxidation sites excluding steroid dienone is 8. The van der Waals surface area contributed by atoms with Crippen LogP contribution in [0.4, 0.5) is 0 Å². The topological polar surface area (TPSA) is 54.4 Å². The third-order valence-electron chi connectivity index (χ3n) is 3.17. The van der Waals surface area contributed by atoms with Gasteiger partial charge in [0.2, 0.25) is 0 Å². The summed E-state index contributed by atoms with van der Waals surface area (Å²) in [4.78, 5) is 10.9. The van der Waals surface area contributed by atoms with Crippen LogP contribution in [0.1, 0.15) is 52.4 Å². The molecule has 0 spiro atoms. The van der Waals surface area contributed by atoms with Crippen molar-refractivity contribution in [2.75, 3.05) is 5.75 Å². The summed E-state index contributed by atoms with van der Waals surface area (Å²) in [6, 6.07) is 0. The average Bonchev–Trinajstić information content (AvgIpc) is 2.52.